The molecule has 3 unspecified atom stereocenters. The molecular formula is C13H25N3O2. The molecule has 0 radical (unpaired) electrons. The minimum atomic E-state index is -0.472. The second-order valence-electron chi connectivity index (χ2n) is 5.07. The molecule has 0 aromatic carbocycles. The summed E-state index contributed by atoms with van der Waals surface area (Å²) in [6, 6.07) is -0.639. The molecule has 1 fully saturated rings. The van der Waals surface area contributed by atoms with Crippen molar-refractivity contribution < 1.29 is 9.59 Å². The lowest BCUT2D eigenvalue weighted by atomic mass is 9.92. The molecule has 0 aromatic rings. The minimum absolute atomic E-state index is 0.0682. The van der Waals surface area contributed by atoms with Gasteiger partial charge in [0.1, 0.15) is 6.04 Å². The SMILES string of the molecule is CCCNC(=O)C(C)NC(=O)C1NCCCC1C. The molecule has 1 rings (SSSR count). The standard InChI is InChI=1S/C13H25N3O2/c1-4-7-15-12(17)10(3)16-13(18)11-9(2)6-5-8-14-11/h9-11,14H,4-8H2,1-3H3,(H,15,17)(H,16,18). The summed E-state index contributed by atoms with van der Waals surface area (Å²) in [7, 11) is 0. The van der Waals surface area contributed by atoms with Crippen LogP contribution in [0.2, 0.25) is 0 Å². The number of hydrogen-bond acceptors (Lipinski definition) is 3. The van der Waals surface area contributed by atoms with Gasteiger partial charge in [-0.3, -0.25) is 9.59 Å². The first kappa shape index (κ1) is 15.0. The fourth-order valence-electron chi connectivity index (χ4n) is 2.17. The first-order valence-corrected chi connectivity index (χ1v) is 6.87. The van der Waals surface area contributed by atoms with Crippen LogP contribution in [0.25, 0.3) is 0 Å². The van der Waals surface area contributed by atoms with E-state index in [1.54, 1.807) is 6.92 Å². The van der Waals surface area contributed by atoms with Gasteiger partial charge in [0.2, 0.25) is 11.8 Å². The van der Waals surface area contributed by atoms with E-state index in [9.17, 15) is 9.59 Å². The van der Waals surface area contributed by atoms with Crippen molar-refractivity contribution in [3.8, 4) is 0 Å². The van der Waals surface area contributed by atoms with E-state index in [2.05, 4.69) is 22.9 Å². The molecule has 0 spiro atoms. The Bertz CT molecular complexity index is 294. The summed E-state index contributed by atoms with van der Waals surface area (Å²) in [4.78, 5) is 23.7. The van der Waals surface area contributed by atoms with Gasteiger partial charge in [-0.2, -0.15) is 0 Å². The first-order valence-electron chi connectivity index (χ1n) is 6.87. The summed E-state index contributed by atoms with van der Waals surface area (Å²) in [5.41, 5.74) is 0. The van der Waals surface area contributed by atoms with Crippen LogP contribution in [0.15, 0.2) is 0 Å². The van der Waals surface area contributed by atoms with Gasteiger partial charge in [0.05, 0.1) is 6.04 Å². The number of hydrogen-bond donors (Lipinski definition) is 3. The lowest BCUT2D eigenvalue weighted by Gasteiger charge is -2.29. The van der Waals surface area contributed by atoms with Gasteiger partial charge in [-0.05, 0) is 38.6 Å². The summed E-state index contributed by atoms with van der Waals surface area (Å²) in [5, 5.41) is 8.77. The van der Waals surface area contributed by atoms with Crippen molar-refractivity contribution in [1.29, 1.82) is 0 Å². The van der Waals surface area contributed by atoms with Gasteiger partial charge in [0.15, 0.2) is 0 Å². The van der Waals surface area contributed by atoms with Gasteiger partial charge in [0, 0.05) is 6.54 Å². The van der Waals surface area contributed by atoms with Crippen LogP contribution in [-0.2, 0) is 9.59 Å². The number of carbonyl (C=O) groups is 2. The molecule has 0 aromatic heterocycles. The summed E-state index contributed by atoms with van der Waals surface area (Å²) < 4.78 is 0. The van der Waals surface area contributed by atoms with Gasteiger partial charge >= 0.3 is 0 Å². The van der Waals surface area contributed by atoms with Crippen LogP contribution in [0.1, 0.15) is 40.0 Å². The van der Waals surface area contributed by atoms with E-state index in [4.69, 9.17) is 0 Å². The third kappa shape index (κ3) is 4.29. The molecule has 5 heteroatoms. The van der Waals surface area contributed by atoms with E-state index in [1.807, 2.05) is 6.92 Å². The molecule has 1 aliphatic heterocycles. The number of carbonyl (C=O) groups excluding carboxylic acids is 2. The van der Waals surface area contributed by atoms with Gasteiger partial charge in [0.25, 0.3) is 0 Å². The maximum Gasteiger partial charge on any atom is 0.242 e. The fraction of sp³-hybridized carbons (Fsp3) is 0.846. The highest BCUT2D eigenvalue weighted by Crippen LogP contribution is 2.15. The molecule has 104 valence electrons. The van der Waals surface area contributed by atoms with Crippen LogP contribution in [0.3, 0.4) is 0 Å². The van der Waals surface area contributed by atoms with Crippen molar-refractivity contribution in [2.24, 2.45) is 5.92 Å². The van der Waals surface area contributed by atoms with Crippen LogP contribution in [0.4, 0.5) is 0 Å². The van der Waals surface area contributed by atoms with Crippen LogP contribution >= 0.6 is 0 Å². The monoisotopic (exact) mass is 255 g/mol. The van der Waals surface area contributed by atoms with Crippen LogP contribution in [0, 0.1) is 5.92 Å². The highest BCUT2D eigenvalue weighted by Gasteiger charge is 2.29. The molecule has 3 atom stereocenters. The van der Waals surface area contributed by atoms with E-state index < -0.39 is 6.04 Å². The largest absolute Gasteiger partial charge is 0.354 e. The zero-order valence-corrected chi connectivity index (χ0v) is 11.6. The highest BCUT2D eigenvalue weighted by molar-refractivity contribution is 5.89. The van der Waals surface area contributed by atoms with Crippen LogP contribution in [-0.4, -0.2) is 37.0 Å². The van der Waals surface area contributed by atoms with Crippen molar-refractivity contribution in [2.75, 3.05) is 13.1 Å². The second-order valence-corrected chi connectivity index (χ2v) is 5.07. The van der Waals surface area contributed by atoms with E-state index >= 15 is 0 Å². The molecule has 1 heterocycles. The fourth-order valence-corrected chi connectivity index (χ4v) is 2.17. The van der Waals surface area contributed by atoms with Gasteiger partial charge in [-0.25, -0.2) is 0 Å². The van der Waals surface area contributed by atoms with E-state index in [0.717, 1.165) is 25.8 Å². The lowest BCUT2D eigenvalue weighted by molar-refractivity contribution is -0.130. The van der Waals surface area contributed by atoms with E-state index in [-0.39, 0.29) is 17.9 Å². The Balaban J connectivity index is 2.40. The van der Waals surface area contributed by atoms with E-state index in [1.165, 1.54) is 0 Å². The Kier molecular flexibility index (Phi) is 6.12. The Morgan fingerprint density at radius 2 is 2.17 bits per heavy atom. The molecule has 1 aliphatic rings. The smallest absolute Gasteiger partial charge is 0.242 e. The normalized spacial score (nSPS) is 25.3. The highest BCUT2D eigenvalue weighted by atomic mass is 16.2. The number of rotatable bonds is 5. The quantitative estimate of drug-likeness (QED) is 0.666. The molecule has 3 N–H and O–H groups in total. The topological polar surface area (TPSA) is 70.2 Å². The van der Waals surface area contributed by atoms with Gasteiger partial charge in [-0.15, -0.1) is 0 Å². The van der Waals surface area contributed by atoms with E-state index in [0.29, 0.717) is 12.5 Å². The van der Waals surface area contributed by atoms with Crippen molar-refractivity contribution in [3.05, 3.63) is 0 Å². The maximum atomic E-state index is 12.0. The molecular weight excluding hydrogens is 230 g/mol. The summed E-state index contributed by atoms with van der Waals surface area (Å²) in [6.45, 7) is 7.31. The number of amides is 2. The predicted octanol–water partition coefficient (Wildman–Crippen LogP) is 0.405. The zero-order chi connectivity index (χ0) is 13.5. The summed E-state index contributed by atoms with van der Waals surface area (Å²) >= 11 is 0. The average molecular weight is 255 g/mol. The molecule has 0 bridgehead atoms. The third-order valence-corrected chi connectivity index (χ3v) is 3.35. The number of piperidine rings is 1. The van der Waals surface area contributed by atoms with Crippen molar-refractivity contribution >= 4 is 11.8 Å². The third-order valence-electron chi connectivity index (χ3n) is 3.35. The maximum absolute atomic E-state index is 12.0. The van der Waals surface area contributed by atoms with Crippen LogP contribution in [0.5, 0.6) is 0 Å². The van der Waals surface area contributed by atoms with Gasteiger partial charge < -0.3 is 16.0 Å². The molecule has 5 nitrogen and oxygen atoms in total. The average Bonchev–Trinajstić information content (AvgIpc) is 2.36. The Labute approximate surface area is 109 Å². The van der Waals surface area contributed by atoms with Gasteiger partial charge in [-0.1, -0.05) is 13.8 Å². The van der Waals surface area contributed by atoms with Crippen molar-refractivity contribution in [2.45, 2.75) is 52.1 Å². The van der Waals surface area contributed by atoms with Crippen molar-refractivity contribution in [1.82, 2.24) is 16.0 Å². The Hall–Kier alpha value is -1.10. The predicted molar refractivity (Wildman–Crippen MR) is 71.1 cm³/mol. The second kappa shape index (κ2) is 7.36. The lowest BCUT2D eigenvalue weighted by Crippen LogP contribution is -2.55. The summed E-state index contributed by atoms with van der Waals surface area (Å²) in [6.07, 6.45) is 3.06. The number of nitrogens with one attached hydrogen (secondary N) is 3. The minimum Gasteiger partial charge on any atom is -0.354 e. The van der Waals surface area contributed by atoms with Crippen molar-refractivity contribution in [3.63, 3.8) is 0 Å². The summed E-state index contributed by atoms with van der Waals surface area (Å²) in [5.74, 6) is 0.139. The Morgan fingerprint density at radius 1 is 1.44 bits per heavy atom. The molecule has 18 heavy (non-hydrogen) atoms. The zero-order valence-electron chi connectivity index (χ0n) is 11.6. The molecule has 1 saturated heterocycles. The first-order chi connectivity index (χ1) is 8.56. The molecule has 2 amide bonds. The van der Waals surface area contributed by atoms with Crippen LogP contribution < -0.4 is 16.0 Å². The Morgan fingerprint density at radius 3 is 2.78 bits per heavy atom. The molecule has 0 saturated carbocycles. The molecule has 0 aliphatic carbocycles.